The lowest BCUT2D eigenvalue weighted by molar-refractivity contribution is 0.0620. The fourth-order valence-corrected chi connectivity index (χ4v) is 4.66. The number of nitrogens with zero attached hydrogens (tertiary/aromatic N) is 2. The van der Waals surface area contributed by atoms with Gasteiger partial charge in [-0.1, -0.05) is 20.3 Å². The summed E-state index contributed by atoms with van der Waals surface area (Å²) in [7, 11) is 0. The Morgan fingerprint density at radius 2 is 2.00 bits per heavy atom. The Kier molecular flexibility index (Phi) is 4.45. The molecule has 0 radical (unpaired) electrons. The maximum Gasteiger partial charge on any atom is 0.0267 e. The number of rotatable bonds is 4. The molecule has 3 aliphatic rings. The highest BCUT2D eigenvalue weighted by molar-refractivity contribution is 5.00. The molecule has 19 heavy (non-hydrogen) atoms. The van der Waals surface area contributed by atoms with Crippen LogP contribution in [0.25, 0.3) is 0 Å². The van der Waals surface area contributed by atoms with Gasteiger partial charge in [0, 0.05) is 43.8 Å². The Bertz CT molecular complexity index is 294. The van der Waals surface area contributed by atoms with Gasteiger partial charge in [-0.15, -0.1) is 0 Å². The van der Waals surface area contributed by atoms with Crippen molar-refractivity contribution in [2.45, 2.75) is 76.5 Å². The first-order valence-electron chi connectivity index (χ1n) is 8.56. The zero-order chi connectivity index (χ0) is 13.2. The van der Waals surface area contributed by atoms with E-state index in [1.807, 2.05) is 0 Å². The zero-order valence-electron chi connectivity index (χ0n) is 12.8. The average Bonchev–Trinajstić information content (AvgIpc) is 3.01. The fraction of sp³-hybridized carbons (Fsp3) is 1.00. The van der Waals surface area contributed by atoms with Crippen LogP contribution in [0.15, 0.2) is 0 Å². The average molecular weight is 265 g/mol. The van der Waals surface area contributed by atoms with Gasteiger partial charge in [0.05, 0.1) is 0 Å². The second-order valence-corrected chi connectivity index (χ2v) is 6.75. The zero-order valence-corrected chi connectivity index (χ0v) is 12.8. The predicted octanol–water partition coefficient (Wildman–Crippen LogP) is 2.08. The van der Waals surface area contributed by atoms with Crippen LogP contribution < -0.4 is 5.32 Å². The number of hydrogen-bond donors (Lipinski definition) is 1. The molecule has 4 atom stereocenters. The molecule has 3 heterocycles. The molecule has 4 unspecified atom stereocenters. The third kappa shape index (κ3) is 2.70. The van der Waals surface area contributed by atoms with Gasteiger partial charge in [0.2, 0.25) is 0 Å². The highest BCUT2D eigenvalue weighted by Crippen LogP contribution is 2.33. The Hall–Kier alpha value is -0.120. The predicted molar refractivity (Wildman–Crippen MR) is 80.5 cm³/mol. The molecule has 0 aliphatic carbocycles. The number of hydrogen-bond acceptors (Lipinski definition) is 3. The van der Waals surface area contributed by atoms with Gasteiger partial charge >= 0.3 is 0 Å². The van der Waals surface area contributed by atoms with Gasteiger partial charge in [-0.2, -0.15) is 0 Å². The molecule has 0 spiro atoms. The first kappa shape index (κ1) is 13.8. The first-order chi connectivity index (χ1) is 9.33. The van der Waals surface area contributed by atoms with Crippen LogP contribution in [0.4, 0.5) is 0 Å². The third-order valence-corrected chi connectivity index (χ3v) is 5.65. The van der Waals surface area contributed by atoms with Gasteiger partial charge < -0.3 is 5.32 Å². The summed E-state index contributed by atoms with van der Waals surface area (Å²) in [5, 5.41) is 3.78. The molecule has 0 bridgehead atoms. The Balaban J connectivity index is 1.68. The van der Waals surface area contributed by atoms with Crippen molar-refractivity contribution in [2.75, 3.05) is 26.2 Å². The van der Waals surface area contributed by atoms with Gasteiger partial charge in [0.15, 0.2) is 0 Å². The topological polar surface area (TPSA) is 18.5 Å². The van der Waals surface area contributed by atoms with Gasteiger partial charge in [0.1, 0.15) is 0 Å². The summed E-state index contributed by atoms with van der Waals surface area (Å²) in [4.78, 5) is 5.65. The van der Waals surface area contributed by atoms with Gasteiger partial charge in [-0.05, 0) is 38.6 Å². The van der Waals surface area contributed by atoms with Crippen LogP contribution in [0.3, 0.4) is 0 Å². The lowest BCUT2D eigenvalue weighted by Crippen LogP contribution is -2.61. The van der Waals surface area contributed by atoms with Gasteiger partial charge in [0.25, 0.3) is 0 Å². The van der Waals surface area contributed by atoms with Crippen LogP contribution >= 0.6 is 0 Å². The lowest BCUT2D eigenvalue weighted by atomic mass is 9.97. The Morgan fingerprint density at radius 1 is 1.11 bits per heavy atom. The standard InChI is InChI=1S/C16H31N3/c1-3-6-13-12-19(14(4-2)11-17-13)16-8-10-18-9-5-7-15(16)18/h13-17H,3-12H2,1-2H3. The largest absolute Gasteiger partial charge is 0.311 e. The van der Waals surface area contributed by atoms with Crippen molar-refractivity contribution < 1.29 is 0 Å². The van der Waals surface area contributed by atoms with Crippen molar-refractivity contribution >= 4 is 0 Å². The molecule has 0 aromatic rings. The van der Waals surface area contributed by atoms with Crippen LogP contribution in [0.1, 0.15) is 52.4 Å². The third-order valence-electron chi connectivity index (χ3n) is 5.65. The number of nitrogens with one attached hydrogen (secondary N) is 1. The fourth-order valence-electron chi connectivity index (χ4n) is 4.66. The molecule has 3 heteroatoms. The second kappa shape index (κ2) is 6.11. The van der Waals surface area contributed by atoms with Crippen molar-refractivity contribution in [3.63, 3.8) is 0 Å². The summed E-state index contributed by atoms with van der Waals surface area (Å²) in [6, 6.07) is 3.25. The number of piperazine rings is 1. The molecule has 0 aromatic carbocycles. The van der Waals surface area contributed by atoms with Crippen LogP contribution in [-0.2, 0) is 0 Å². The maximum atomic E-state index is 3.78. The minimum absolute atomic E-state index is 0.739. The molecule has 3 aliphatic heterocycles. The molecule has 110 valence electrons. The van der Waals surface area contributed by atoms with Crippen LogP contribution in [0.2, 0.25) is 0 Å². The minimum atomic E-state index is 0.739. The van der Waals surface area contributed by atoms with E-state index in [9.17, 15) is 0 Å². The number of fused-ring (bicyclic) bond motifs is 1. The molecule has 3 saturated heterocycles. The molecule has 1 N–H and O–H groups in total. The summed E-state index contributed by atoms with van der Waals surface area (Å²) in [6.45, 7) is 9.90. The summed E-state index contributed by atoms with van der Waals surface area (Å²) >= 11 is 0. The monoisotopic (exact) mass is 265 g/mol. The van der Waals surface area contributed by atoms with Crippen molar-refractivity contribution in [2.24, 2.45) is 0 Å². The normalized spacial score (nSPS) is 40.7. The second-order valence-electron chi connectivity index (χ2n) is 6.75. The van der Waals surface area contributed by atoms with Crippen molar-refractivity contribution in [1.29, 1.82) is 0 Å². The minimum Gasteiger partial charge on any atom is -0.311 e. The van der Waals surface area contributed by atoms with E-state index in [0.29, 0.717) is 0 Å². The SMILES string of the molecule is CCCC1CN(C2CCN3CCCC23)C(CC)CN1. The molecule has 3 fully saturated rings. The lowest BCUT2D eigenvalue weighted by Gasteiger charge is -2.45. The van der Waals surface area contributed by atoms with Crippen molar-refractivity contribution in [3.8, 4) is 0 Å². The van der Waals surface area contributed by atoms with E-state index < -0.39 is 0 Å². The maximum absolute atomic E-state index is 3.78. The quantitative estimate of drug-likeness (QED) is 0.839. The van der Waals surface area contributed by atoms with E-state index in [-0.39, 0.29) is 0 Å². The molecule has 0 saturated carbocycles. The van der Waals surface area contributed by atoms with E-state index in [4.69, 9.17) is 0 Å². The molecule has 3 rings (SSSR count). The highest BCUT2D eigenvalue weighted by Gasteiger charge is 2.43. The van der Waals surface area contributed by atoms with E-state index in [1.54, 1.807) is 0 Å². The summed E-state index contributed by atoms with van der Waals surface area (Å²) < 4.78 is 0. The van der Waals surface area contributed by atoms with Crippen LogP contribution in [0.5, 0.6) is 0 Å². The van der Waals surface area contributed by atoms with E-state index in [0.717, 1.165) is 24.2 Å². The summed E-state index contributed by atoms with van der Waals surface area (Å²) in [5.41, 5.74) is 0. The molecule has 0 amide bonds. The van der Waals surface area contributed by atoms with Crippen molar-refractivity contribution in [3.05, 3.63) is 0 Å². The highest BCUT2D eigenvalue weighted by atomic mass is 15.3. The Labute approximate surface area is 118 Å². The van der Waals surface area contributed by atoms with Gasteiger partial charge in [-0.3, -0.25) is 9.80 Å². The molecule has 0 aromatic heterocycles. The molecular weight excluding hydrogens is 234 g/mol. The van der Waals surface area contributed by atoms with Gasteiger partial charge in [-0.25, -0.2) is 0 Å². The van der Waals surface area contributed by atoms with Crippen molar-refractivity contribution in [1.82, 2.24) is 15.1 Å². The van der Waals surface area contributed by atoms with E-state index >= 15 is 0 Å². The van der Waals surface area contributed by atoms with E-state index in [2.05, 4.69) is 29.0 Å². The first-order valence-corrected chi connectivity index (χ1v) is 8.56. The molecular formula is C16H31N3. The summed E-state index contributed by atoms with van der Waals surface area (Å²) in [6.07, 6.45) is 8.25. The smallest absolute Gasteiger partial charge is 0.0267 e. The van der Waals surface area contributed by atoms with Crippen LogP contribution in [0, 0.1) is 0 Å². The summed E-state index contributed by atoms with van der Waals surface area (Å²) in [5.74, 6) is 0. The Morgan fingerprint density at radius 3 is 2.79 bits per heavy atom. The molecule has 3 nitrogen and oxygen atoms in total. The van der Waals surface area contributed by atoms with E-state index in [1.165, 1.54) is 64.7 Å². The van der Waals surface area contributed by atoms with Crippen LogP contribution in [-0.4, -0.2) is 60.1 Å².